The van der Waals surface area contributed by atoms with Crippen LogP contribution in [0.2, 0.25) is 0 Å². The van der Waals surface area contributed by atoms with Crippen LogP contribution in [0.4, 0.5) is 0 Å². The molecule has 31 heavy (non-hydrogen) atoms. The number of piperidine rings is 1. The number of para-hydroxylation sites is 1. The highest BCUT2D eigenvalue weighted by Gasteiger charge is 2.27. The van der Waals surface area contributed by atoms with Gasteiger partial charge in [0, 0.05) is 24.6 Å². The first kappa shape index (κ1) is 20.2. The molecular formula is C23H22N4O2S2. The molecule has 6 nitrogen and oxygen atoms in total. The molecule has 2 aromatic carbocycles. The molecule has 0 aliphatic carbocycles. The number of thioether (sulfide) groups is 1. The molecule has 3 heterocycles. The Morgan fingerprint density at radius 3 is 3.00 bits per heavy atom. The number of likely N-dealkylation sites (tertiary alicyclic amines) is 1. The lowest BCUT2D eigenvalue weighted by atomic mass is 9.99. The van der Waals surface area contributed by atoms with E-state index in [0.29, 0.717) is 22.8 Å². The second-order valence-corrected chi connectivity index (χ2v) is 9.72. The molecule has 1 aliphatic rings. The predicted molar refractivity (Wildman–Crippen MR) is 123 cm³/mol. The zero-order chi connectivity index (χ0) is 21.2. The number of hydrogen-bond donors (Lipinski definition) is 0. The Balaban J connectivity index is 1.20. The van der Waals surface area contributed by atoms with E-state index in [1.54, 1.807) is 11.3 Å². The summed E-state index contributed by atoms with van der Waals surface area (Å²) in [7, 11) is 0. The van der Waals surface area contributed by atoms with Crippen molar-refractivity contribution in [1.82, 2.24) is 20.1 Å². The molecule has 158 valence electrons. The largest absolute Gasteiger partial charge is 0.411 e. The van der Waals surface area contributed by atoms with Crippen molar-refractivity contribution >= 4 is 39.2 Å². The van der Waals surface area contributed by atoms with Crippen LogP contribution in [0.25, 0.3) is 21.7 Å². The predicted octanol–water partition coefficient (Wildman–Crippen LogP) is 5.15. The first-order valence-electron chi connectivity index (χ1n) is 10.3. The maximum absolute atomic E-state index is 12.8. The second kappa shape index (κ2) is 8.80. The molecule has 1 atom stereocenters. The van der Waals surface area contributed by atoms with Crippen LogP contribution < -0.4 is 0 Å². The van der Waals surface area contributed by atoms with Crippen molar-refractivity contribution in [3.8, 4) is 11.5 Å². The summed E-state index contributed by atoms with van der Waals surface area (Å²) in [6, 6.07) is 16.1. The Bertz CT molecular complexity index is 1190. The molecule has 0 unspecified atom stereocenters. The van der Waals surface area contributed by atoms with Crippen molar-refractivity contribution in [3.63, 3.8) is 0 Å². The van der Waals surface area contributed by atoms with Gasteiger partial charge in [0.2, 0.25) is 11.8 Å². The van der Waals surface area contributed by atoms with Crippen LogP contribution in [0.5, 0.6) is 0 Å². The number of benzene rings is 2. The molecule has 4 aromatic rings. The van der Waals surface area contributed by atoms with Gasteiger partial charge in [-0.15, -0.1) is 21.5 Å². The fourth-order valence-corrected chi connectivity index (χ4v) is 5.61. The number of carbonyl (C=O) groups is 1. The highest BCUT2D eigenvalue weighted by molar-refractivity contribution is 7.99. The summed E-state index contributed by atoms with van der Waals surface area (Å²) >= 11 is 3.04. The van der Waals surface area contributed by atoms with Gasteiger partial charge in [-0.2, -0.15) is 0 Å². The molecule has 0 bridgehead atoms. The number of carbonyl (C=O) groups excluding carboxylic acids is 1. The molecule has 0 saturated carbocycles. The lowest BCUT2D eigenvalue weighted by molar-refractivity contribution is -0.129. The van der Waals surface area contributed by atoms with E-state index in [2.05, 4.69) is 16.3 Å². The summed E-state index contributed by atoms with van der Waals surface area (Å²) in [5.41, 5.74) is 3.07. The summed E-state index contributed by atoms with van der Waals surface area (Å²) in [5.74, 6) is 1.18. The quantitative estimate of drug-likeness (QED) is 0.392. The maximum Gasteiger partial charge on any atom is 0.277 e. The number of hydrogen-bond acceptors (Lipinski definition) is 7. The Hall–Kier alpha value is -2.71. The van der Waals surface area contributed by atoms with E-state index in [1.165, 1.54) is 16.5 Å². The molecule has 1 saturated heterocycles. The lowest BCUT2D eigenvalue weighted by Crippen LogP contribution is -2.40. The third kappa shape index (κ3) is 4.50. The van der Waals surface area contributed by atoms with Gasteiger partial charge in [-0.1, -0.05) is 41.6 Å². The number of fused-ring (bicyclic) bond motifs is 1. The van der Waals surface area contributed by atoms with Crippen LogP contribution in [0, 0.1) is 6.92 Å². The van der Waals surface area contributed by atoms with E-state index in [0.717, 1.165) is 47.6 Å². The number of aryl methyl sites for hydroxylation is 1. The monoisotopic (exact) mass is 450 g/mol. The highest BCUT2D eigenvalue weighted by atomic mass is 32.2. The summed E-state index contributed by atoms with van der Waals surface area (Å²) < 4.78 is 6.95. The fraction of sp³-hybridized carbons (Fsp3) is 0.304. The third-order valence-electron chi connectivity index (χ3n) is 5.42. The van der Waals surface area contributed by atoms with Crippen LogP contribution in [0.1, 0.15) is 29.3 Å². The Morgan fingerprint density at radius 1 is 1.23 bits per heavy atom. The molecule has 0 radical (unpaired) electrons. The number of nitrogens with zero attached hydrogens (tertiary/aromatic N) is 4. The molecule has 5 rings (SSSR count). The van der Waals surface area contributed by atoms with Gasteiger partial charge in [0.05, 0.1) is 21.0 Å². The number of thiazole rings is 1. The molecule has 0 N–H and O–H groups in total. The van der Waals surface area contributed by atoms with Gasteiger partial charge < -0.3 is 9.32 Å². The van der Waals surface area contributed by atoms with Crippen molar-refractivity contribution < 1.29 is 9.21 Å². The molecule has 1 aliphatic heterocycles. The third-order valence-corrected chi connectivity index (χ3v) is 7.43. The normalized spacial score (nSPS) is 16.7. The fourth-order valence-electron chi connectivity index (χ4n) is 3.85. The topological polar surface area (TPSA) is 72.1 Å². The van der Waals surface area contributed by atoms with E-state index in [1.807, 2.05) is 54.3 Å². The van der Waals surface area contributed by atoms with Crippen LogP contribution in [0.3, 0.4) is 0 Å². The van der Waals surface area contributed by atoms with E-state index in [9.17, 15) is 4.79 Å². The van der Waals surface area contributed by atoms with Gasteiger partial charge in [-0.05, 0) is 44.0 Å². The van der Waals surface area contributed by atoms with Gasteiger partial charge in [0.25, 0.3) is 5.22 Å². The van der Waals surface area contributed by atoms with E-state index >= 15 is 0 Å². The van der Waals surface area contributed by atoms with Gasteiger partial charge >= 0.3 is 0 Å². The summed E-state index contributed by atoms with van der Waals surface area (Å²) in [6.45, 7) is 3.53. The van der Waals surface area contributed by atoms with Crippen molar-refractivity contribution in [2.75, 3.05) is 18.8 Å². The van der Waals surface area contributed by atoms with Crippen LogP contribution in [-0.2, 0) is 4.79 Å². The van der Waals surface area contributed by atoms with Crippen molar-refractivity contribution in [3.05, 3.63) is 59.1 Å². The Labute approximate surface area is 188 Å². The van der Waals surface area contributed by atoms with Crippen LogP contribution in [0.15, 0.2) is 58.2 Å². The lowest BCUT2D eigenvalue weighted by Gasteiger charge is -2.31. The standard InChI is InChI=1S/C23H22N4O2S2/c1-15-6-4-7-16(12-15)21-25-26-23(29-21)30-14-20(28)27-11-5-8-17(13-27)22-24-18-9-2-3-10-19(18)31-22/h2-4,6-7,9-10,12,17H,5,8,11,13-14H2,1H3/t17-/m0/s1. The summed E-state index contributed by atoms with van der Waals surface area (Å²) in [6.07, 6.45) is 2.06. The zero-order valence-electron chi connectivity index (χ0n) is 17.2. The van der Waals surface area contributed by atoms with E-state index in [4.69, 9.17) is 9.40 Å². The Morgan fingerprint density at radius 2 is 2.13 bits per heavy atom. The molecule has 8 heteroatoms. The minimum absolute atomic E-state index is 0.103. The molecule has 1 fully saturated rings. The van der Waals surface area contributed by atoms with Crippen molar-refractivity contribution in [1.29, 1.82) is 0 Å². The molecule has 2 aromatic heterocycles. The smallest absolute Gasteiger partial charge is 0.277 e. The summed E-state index contributed by atoms with van der Waals surface area (Å²) in [5, 5.41) is 9.77. The van der Waals surface area contributed by atoms with Gasteiger partial charge in [-0.25, -0.2) is 4.98 Å². The van der Waals surface area contributed by atoms with Crippen LogP contribution in [-0.4, -0.2) is 44.8 Å². The minimum atomic E-state index is 0.103. The van der Waals surface area contributed by atoms with Gasteiger partial charge in [0.1, 0.15) is 0 Å². The molecule has 1 amide bonds. The maximum atomic E-state index is 12.8. The highest BCUT2D eigenvalue weighted by Crippen LogP contribution is 2.33. The minimum Gasteiger partial charge on any atom is -0.411 e. The molecular weight excluding hydrogens is 428 g/mol. The van der Waals surface area contributed by atoms with Crippen LogP contribution >= 0.6 is 23.1 Å². The summed E-state index contributed by atoms with van der Waals surface area (Å²) in [4.78, 5) is 19.6. The average Bonchev–Trinajstić information content (AvgIpc) is 3.45. The van der Waals surface area contributed by atoms with E-state index < -0.39 is 0 Å². The number of rotatable bonds is 5. The van der Waals surface area contributed by atoms with E-state index in [-0.39, 0.29) is 5.91 Å². The Kier molecular flexibility index (Phi) is 5.74. The number of amides is 1. The van der Waals surface area contributed by atoms with Crippen molar-refractivity contribution in [2.24, 2.45) is 0 Å². The molecule has 0 spiro atoms. The van der Waals surface area contributed by atoms with Crippen molar-refractivity contribution in [2.45, 2.75) is 30.9 Å². The first-order chi connectivity index (χ1) is 15.2. The van der Waals surface area contributed by atoms with Gasteiger partial charge in [0.15, 0.2) is 0 Å². The number of aromatic nitrogens is 3. The average molecular weight is 451 g/mol. The SMILES string of the molecule is Cc1cccc(-c2nnc(SCC(=O)N3CCC[C@H](c4nc5ccccc5s4)C3)o2)c1. The second-order valence-electron chi connectivity index (χ2n) is 7.73. The first-order valence-corrected chi connectivity index (χ1v) is 12.1. The van der Waals surface area contributed by atoms with Gasteiger partial charge in [-0.3, -0.25) is 4.79 Å². The zero-order valence-corrected chi connectivity index (χ0v) is 18.8.